The van der Waals surface area contributed by atoms with Gasteiger partial charge in [-0.05, 0) is 59.7 Å². The van der Waals surface area contributed by atoms with Crippen molar-refractivity contribution in [2.24, 2.45) is 0 Å². The maximum Gasteiger partial charge on any atom is 0.240 e. The fraction of sp³-hybridized carbons (Fsp3) is 0.500. The fourth-order valence-electron chi connectivity index (χ4n) is 2.13. The van der Waals surface area contributed by atoms with Crippen LogP contribution in [0.5, 0.6) is 0 Å². The molecular weight excluding hydrogens is 365 g/mol. The molecule has 18 heavy (non-hydrogen) atoms. The topological polar surface area (TPSA) is 66.4 Å². The maximum atomic E-state index is 12.1. The number of benzene rings is 1. The summed E-state index contributed by atoms with van der Waals surface area (Å²) >= 11 is 2.13. The summed E-state index contributed by atoms with van der Waals surface area (Å²) in [5.74, 6) is 0. The summed E-state index contributed by atoms with van der Waals surface area (Å²) in [6.45, 7) is 0. The standard InChI is InChI=1S/C12H16INO3S/c13-9-5-7-10(8-6-9)18(16,17)14-11-3-1-2-4-12(11)15/h5-8,11-12,14-15H,1-4H2. The average molecular weight is 381 g/mol. The van der Waals surface area contributed by atoms with Crippen LogP contribution in [0.25, 0.3) is 0 Å². The molecule has 2 rings (SSSR count). The van der Waals surface area contributed by atoms with E-state index in [-0.39, 0.29) is 10.9 Å². The van der Waals surface area contributed by atoms with Gasteiger partial charge in [0.1, 0.15) is 0 Å². The van der Waals surface area contributed by atoms with Gasteiger partial charge in [-0.2, -0.15) is 0 Å². The maximum absolute atomic E-state index is 12.1. The highest BCUT2D eigenvalue weighted by atomic mass is 127. The van der Waals surface area contributed by atoms with Crippen molar-refractivity contribution in [1.29, 1.82) is 0 Å². The van der Waals surface area contributed by atoms with Gasteiger partial charge in [0.2, 0.25) is 10.0 Å². The molecule has 0 radical (unpaired) electrons. The molecule has 1 aromatic rings. The molecule has 0 spiro atoms. The first-order chi connectivity index (χ1) is 8.49. The molecule has 0 saturated heterocycles. The zero-order chi connectivity index (χ0) is 13.2. The minimum atomic E-state index is -3.52. The van der Waals surface area contributed by atoms with Crippen molar-refractivity contribution in [3.05, 3.63) is 27.8 Å². The summed E-state index contributed by atoms with van der Waals surface area (Å²) in [7, 11) is -3.52. The van der Waals surface area contributed by atoms with Crippen molar-refractivity contribution in [2.75, 3.05) is 0 Å². The summed E-state index contributed by atoms with van der Waals surface area (Å²) < 4.78 is 27.9. The van der Waals surface area contributed by atoms with Gasteiger partial charge in [0.05, 0.1) is 11.0 Å². The van der Waals surface area contributed by atoms with E-state index in [2.05, 4.69) is 27.3 Å². The number of aliphatic hydroxyl groups excluding tert-OH is 1. The van der Waals surface area contributed by atoms with Crippen LogP contribution in [0.4, 0.5) is 0 Å². The number of halogens is 1. The van der Waals surface area contributed by atoms with E-state index in [0.717, 1.165) is 16.4 Å². The molecule has 1 fully saturated rings. The van der Waals surface area contributed by atoms with Crippen LogP contribution in [0.3, 0.4) is 0 Å². The van der Waals surface area contributed by atoms with E-state index in [1.807, 2.05) is 0 Å². The van der Waals surface area contributed by atoms with E-state index in [0.29, 0.717) is 12.8 Å². The number of nitrogens with one attached hydrogen (secondary N) is 1. The Bertz CT molecular complexity index is 501. The first-order valence-electron chi connectivity index (χ1n) is 5.95. The van der Waals surface area contributed by atoms with E-state index in [4.69, 9.17) is 0 Å². The minimum Gasteiger partial charge on any atom is -0.391 e. The van der Waals surface area contributed by atoms with Crippen LogP contribution in [0.2, 0.25) is 0 Å². The SMILES string of the molecule is O=S(=O)(NC1CCCCC1O)c1ccc(I)cc1. The predicted octanol–water partition coefficient (Wildman–Crippen LogP) is 1.87. The van der Waals surface area contributed by atoms with Crippen LogP contribution >= 0.6 is 22.6 Å². The molecule has 2 N–H and O–H groups in total. The third kappa shape index (κ3) is 3.43. The van der Waals surface area contributed by atoms with Gasteiger partial charge in [0.25, 0.3) is 0 Å². The van der Waals surface area contributed by atoms with Gasteiger partial charge in [-0.3, -0.25) is 0 Å². The summed E-state index contributed by atoms with van der Waals surface area (Å²) in [5, 5.41) is 9.80. The van der Waals surface area contributed by atoms with Crippen molar-refractivity contribution in [3.8, 4) is 0 Å². The summed E-state index contributed by atoms with van der Waals surface area (Å²) in [5.41, 5.74) is 0. The van der Waals surface area contributed by atoms with Gasteiger partial charge < -0.3 is 5.11 Å². The smallest absolute Gasteiger partial charge is 0.240 e. The van der Waals surface area contributed by atoms with E-state index < -0.39 is 16.1 Å². The van der Waals surface area contributed by atoms with Crippen LogP contribution < -0.4 is 4.72 Å². The Morgan fingerprint density at radius 2 is 1.78 bits per heavy atom. The lowest BCUT2D eigenvalue weighted by Crippen LogP contribution is -2.44. The molecule has 0 aromatic heterocycles. The fourth-order valence-corrected chi connectivity index (χ4v) is 3.79. The van der Waals surface area contributed by atoms with Crippen LogP contribution in [0.1, 0.15) is 25.7 Å². The molecule has 0 heterocycles. The Kier molecular flexibility index (Phi) is 4.63. The molecule has 1 aromatic carbocycles. The van der Waals surface area contributed by atoms with Crippen molar-refractivity contribution >= 4 is 32.6 Å². The van der Waals surface area contributed by atoms with Crippen molar-refractivity contribution < 1.29 is 13.5 Å². The van der Waals surface area contributed by atoms with E-state index in [1.54, 1.807) is 24.3 Å². The lowest BCUT2D eigenvalue weighted by atomic mass is 9.93. The molecular formula is C12H16INO3S. The zero-order valence-corrected chi connectivity index (χ0v) is 12.8. The average Bonchev–Trinajstić information content (AvgIpc) is 2.32. The van der Waals surface area contributed by atoms with Crippen LogP contribution in [-0.2, 0) is 10.0 Å². The van der Waals surface area contributed by atoms with Gasteiger partial charge in [0, 0.05) is 9.61 Å². The monoisotopic (exact) mass is 381 g/mol. The summed E-state index contributed by atoms with van der Waals surface area (Å²) in [4.78, 5) is 0.251. The van der Waals surface area contributed by atoms with Gasteiger partial charge in [-0.25, -0.2) is 13.1 Å². The Morgan fingerprint density at radius 1 is 1.17 bits per heavy atom. The molecule has 0 amide bonds. The van der Waals surface area contributed by atoms with Gasteiger partial charge in [0.15, 0.2) is 0 Å². The van der Waals surface area contributed by atoms with Gasteiger partial charge in [-0.1, -0.05) is 12.8 Å². The highest BCUT2D eigenvalue weighted by Gasteiger charge is 2.27. The second kappa shape index (κ2) is 5.85. The molecule has 0 aliphatic heterocycles. The highest BCUT2D eigenvalue weighted by Crippen LogP contribution is 2.21. The second-order valence-electron chi connectivity index (χ2n) is 4.53. The predicted molar refractivity (Wildman–Crippen MR) is 77.7 cm³/mol. The lowest BCUT2D eigenvalue weighted by molar-refractivity contribution is 0.101. The minimum absolute atomic E-state index is 0.251. The second-order valence-corrected chi connectivity index (χ2v) is 7.49. The van der Waals surface area contributed by atoms with E-state index in [1.165, 1.54) is 0 Å². The number of aliphatic hydroxyl groups is 1. The van der Waals surface area contributed by atoms with E-state index >= 15 is 0 Å². The van der Waals surface area contributed by atoms with Crippen molar-refractivity contribution in [2.45, 2.75) is 42.7 Å². The number of hydrogen-bond acceptors (Lipinski definition) is 3. The third-order valence-corrected chi connectivity index (χ3v) is 5.38. The Morgan fingerprint density at radius 3 is 2.39 bits per heavy atom. The molecule has 2 unspecified atom stereocenters. The third-order valence-electron chi connectivity index (χ3n) is 3.16. The highest BCUT2D eigenvalue weighted by molar-refractivity contribution is 14.1. The van der Waals surface area contributed by atoms with E-state index in [9.17, 15) is 13.5 Å². The summed E-state index contributed by atoms with van der Waals surface area (Å²) in [6, 6.07) is 6.32. The van der Waals surface area contributed by atoms with Crippen molar-refractivity contribution in [3.63, 3.8) is 0 Å². The molecule has 100 valence electrons. The quantitative estimate of drug-likeness (QED) is 0.786. The number of rotatable bonds is 3. The molecule has 4 nitrogen and oxygen atoms in total. The zero-order valence-electron chi connectivity index (χ0n) is 9.84. The summed E-state index contributed by atoms with van der Waals surface area (Å²) in [6.07, 6.45) is 2.71. The molecule has 0 bridgehead atoms. The lowest BCUT2D eigenvalue weighted by Gasteiger charge is -2.28. The number of sulfonamides is 1. The van der Waals surface area contributed by atoms with Crippen molar-refractivity contribution in [1.82, 2.24) is 4.72 Å². The Balaban J connectivity index is 2.13. The Hall–Kier alpha value is -0.180. The molecule has 6 heteroatoms. The van der Waals surface area contributed by atoms with Gasteiger partial charge in [-0.15, -0.1) is 0 Å². The van der Waals surface area contributed by atoms with Crippen LogP contribution in [0.15, 0.2) is 29.2 Å². The normalized spacial score (nSPS) is 25.0. The first-order valence-corrected chi connectivity index (χ1v) is 8.51. The Labute approximate surface area is 121 Å². The van der Waals surface area contributed by atoms with Gasteiger partial charge >= 0.3 is 0 Å². The van der Waals surface area contributed by atoms with Crippen LogP contribution in [0, 0.1) is 3.57 Å². The molecule has 1 aliphatic rings. The van der Waals surface area contributed by atoms with Crippen LogP contribution in [-0.4, -0.2) is 25.7 Å². The molecule has 2 atom stereocenters. The molecule has 1 aliphatic carbocycles. The molecule has 1 saturated carbocycles. The first kappa shape index (κ1) is 14.2. The largest absolute Gasteiger partial charge is 0.391 e. The number of hydrogen-bond donors (Lipinski definition) is 2.